The Bertz CT molecular complexity index is 893. The highest BCUT2D eigenvalue weighted by atomic mass is 16.2. The maximum absolute atomic E-state index is 12.9. The third-order valence-electron chi connectivity index (χ3n) is 4.80. The van der Waals surface area contributed by atoms with Crippen LogP contribution in [0.15, 0.2) is 48.5 Å². The Balaban J connectivity index is 1.60. The first kappa shape index (κ1) is 14.8. The SMILES string of the molecule is CN(C)c1ccc(C(=O)N2CCc3[nH]c4ccccc4c3C2)cc1. The zero-order valence-electron chi connectivity index (χ0n) is 14.0. The summed E-state index contributed by atoms with van der Waals surface area (Å²) < 4.78 is 0. The number of nitrogens with zero attached hydrogens (tertiary/aromatic N) is 2. The minimum atomic E-state index is 0.108. The zero-order chi connectivity index (χ0) is 16.7. The smallest absolute Gasteiger partial charge is 0.254 e. The summed E-state index contributed by atoms with van der Waals surface area (Å²) in [6.45, 7) is 1.43. The summed E-state index contributed by atoms with van der Waals surface area (Å²) in [5.41, 5.74) is 5.54. The Morgan fingerprint density at radius 3 is 2.58 bits per heavy atom. The van der Waals surface area contributed by atoms with E-state index in [1.165, 1.54) is 16.6 Å². The van der Waals surface area contributed by atoms with E-state index >= 15 is 0 Å². The lowest BCUT2D eigenvalue weighted by Crippen LogP contribution is -2.35. The summed E-state index contributed by atoms with van der Waals surface area (Å²) in [4.78, 5) is 20.3. The van der Waals surface area contributed by atoms with E-state index < -0.39 is 0 Å². The van der Waals surface area contributed by atoms with Gasteiger partial charge in [0, 0.05) is 67.0 Å². The molecule has 0 aliphatic carbocycles. The number of rotatable bonds is 2. The molecule has 0 unspecified atom stereocenters. The first-order chi connectivity index (χ1) is 11.6. The molecular formula is C20H21N3O. The number of benzene rings is 2. The summed E-state index contributed by atoms with van der Waals surface area (Å²) >= 11 is 0. The summed E-state index contributed by atoms with van der Waals surface area (Å²) in [6.07, 6.45) is 0.880. The predicted octanol–water partition coefficient (Wildman–Crippen LogP) is 3.43. The van der Waals surface area contributed by atoms with Crippen molar-refractivity contribution in [1.82, 2.24) is 9.88 Å². The van der Waals surface area contributed by atoms with Crippen LogP contribution in [0.5, 0.6) is 0 Å². The maximum Gasteiger partial charge on any atom is 0.254 e. The number of hydrogen-bond donors (Lipinski definition) is 1. The molecule has 1 amide bonds. The van der Waals surface area contributed by atoms with Crippen LogP contribution in [0, 0.1) is 0 Å². The molecule has 1 aliphatic heterocycles. The van der Waals surface area contributed by atoms with Crippen molar-refractivity contribution in [1.29, 1.82) is 0 Å². The molecule has 0 saturated carbocycles. The number of fused-ring (bicyclic) bond motifs is 3. The first-order valence-corrected chi connectivity index (χ1v) is 8.28. The number of nitrogens with one attached hydrogen (secondary N) is 1. The number of anilines is 1. The highest BCUT2D eigenvalue weighted by Gasteiger charge is 2.24. The molecule has 122 valence electrons. The Kier molecular flexibility index (Phi) is 3.53. The van der Waals surface area contributed by atoms with Crippen LogP contribution < -0.4 is 4.90 Å². The van der Waals surface area contributed by atoms with E-state index in [1.807, 2.05) is 54.2 Å². The first-order valence-electron chi connectivity index (χ1n) is 8.28. The minimum absolute atomic E-state index is 0.108. The van der Waals surface area contributed by atoms with Gasteiger partial charge in [-0.15, -0.1) is 0 Å². The number of aromatic amines is 1. The molecule has 4 heteroatoms. The van der Waals surface area contributed by atoms with Crippen LogP contribution in [0.25, 0.3) is 10.9 Å². The Morgan fingerprint density at radius 1 is 1.08 bits per heavy atom. The van der Waals surface area contributed by atoms with Crippen LogP contribution in [0.3, 0.4) is 0 Å². The van der Waals surface area contributed by atoms with Gasteiger partial charge in [0.2, 0.25) is 0 Å². The van der Waals surface area contributed by atoms with Gasteiger partial charge in [-0.05, 0) is 30.3 Å². The van der Waals surface area contributed by atoms with Gasteiger partial charge in [-0.1, -0.05) is 18.2 Å². The molecular weight excluding hydrogens is 298 g/mol. The number of aromatic nitrogens is 1. The number of H-pyrrole nitrogens is 1. The standard InChI is InChI=1S/C20H21N3O/c1-22(2)15-9-7-14(8-10-15)20(24)23-12-11-19-17(13-23)16-5-3-4-6-18(16)21-19/h3-10,21H,11-13H2,1-2H3. The fourth-order valence-corrected chi connectivity index (χ4v) is 3.42. The van der Waals surface area contributed by atoms with Crippen molar-refractivity contribution < 1.29 is 4.79 Å². The topological polar surface area (TPSA) is 39.3 Å². The van der Waals surface area contributed by atoms with Gasteiger partial charge >= 0.3 is 0 Å². The Labute approximate surface area is 141 Å². The Hall–Kier alpha value is -2.75. The van der Waals surface area contributed by atoms with E-state index in [9.17, 15) is 4.79 Å². The van der Waals surface area contributed by atoms with Crippen molar-refractivity contribution in [3.8, 4) is 0 Å². The fourth-order valence-electron chi connectivity index (χ4n) is 3.42. The van der Waals surface area contributed by atoms with Gasteiger partial charge < -0.3 is 14.8 Å². The van der Waals surface area contributed by atoms with E-state index in [-0.39, 0.29) is 5.91 Å². The van der Waals surface area contributed by atoms with Crippen molar-refractivity contribution in [3.05, 3.63) is 65.4 Å². The van der Waals surface area contributed by atoms with Crippen LogP contribution >= 0.6 is 0 Å². The molecule has 0 atom stereocenters. The summed E-state index contributed by atoms with van der Waals surface area (Å²) in [5.74, 6) is 0.108. The molecule has 1 N–H and O–H groups in total. The lowest BCUT2D eigenvalue weighted by Gasteiger charge is -2.27. The van der Waals surface area contributed by atoms with Crippen LogP contribution in [0.4, 0.5) is 5.69 Å². The molecule has 2 aromatic carbocycles. The monoisotopic (exact) mass is 319 g/mol. The van der Waals surface area contributed by atoms with E-state index in [4.69, 9.17) is 0 Å². The van der Waals surface area contributed by atoms with Crippen LogP contribution in [0.2, 0.25) is 0 Å². The van der Waals surface area contributed by atoms with Gasteiger partial charge in [-0.25, -0.2) is 0 Å². The van der Waals surface area contributed by atoms with Gasteiger partial charge in [0.05, 0.1) is 0 Å². The molecule has 4 nitrogen and oxygen atoms in total. The lowest BCUT2D eigenvalue weighted by atomic mass is 10.0. The van der Waals surface area contributed by atoms with Crippen molar-refractivity contribution in [3.63, 3.8) is 0 Å². The number of hydrogen-bond acceptors (Lipinski definition) is 2. The number of para-hydroxylation sites is 1. The zero-order valence-corrected chi connectivity index (χ0v) is 14.0. The summed E-state index contributed by atoms with van der Waals surface area (Å²) in [6, 6.07) is 16.1. The van der Waals surface area contributed by atoms with Gasteiger partial charge in [-0.3, -0.25) is 4.79 Å². The van der Waals surface area contributed by atoms with E-state index in [2.05, 4.69) is 23.2 Å². The molecule has 0 radical (unpaired) electrons. The molecule has 4 rings (SSSR count). The van der Waals surface area contributed by atoms with Crippen molar-refractivity contribution in [2.45, 2.75) is 13.0 Å². The van der Waals surface area contributed by atoms with Crippen LogP contribution in [-0.4, -0.2) is 36.4 Å². The molecule has 0 saturated heterocycles. The second kappa shape index (κ2) is 5.71. The predicted molar refractivity (Wildman–Crippen MR) is 97.5 cm³/mol. The molecule has 0 spiro atoms. The largest absolute Gasteiger partial charge is 0.378 e. The highest BCUT2D eigenvalue weighted by Crippen LogP contribution is 2.28. The Morgan fingerprint density at radius 2 is 1.83 bits per heavy atom. The van der Waals surface area contributed by atoms with E-state index in [0.717, 1.165) is 29.7 Å². The molecule has 2 heterocycles. The van der Waals surface area contributed by atoms with Crippen LogP contribution in [0.1, 0.15) is 21.6 Å². The quantitative estimate of drug-likeness (QED) is 0.786. The van der Waals surface area contributed by atoms with Crippen LogP contribution in [-0.2, 0) is 13.0 Å². The van der Waals surface area contributed by atoms with Gasteiger partial charge in [0.25, 0.3) is 5.91 Å². The van der Waals surface area contributed by atoms with E-state index in [0.29, 0.717) is 6.54 Å². The van der Waals surface area contributed by atoms with Gasteiger partial charge in [-0.2, -0.15) is 0 Å². The fraction of sp³-hybridized carbons (Fsp3) is 0.250. The average Bonchev–Trinajstić information content (AvgIpc) is 2.99. The normalized spacial score (nSPS) is 13.8. The van der Waals surface area contributed by atoms with Crippen molar-refractivity contribution in [2.75, 3.05) is 25.5 Å². The molecule has 0 bridgehead atoms. The number of amides is 1. The summed E-state index contributed by atoms with van der Waals surface area (Å²) in [5, 5.41) is 1.23. The highest BCUT2D eigenvalue weighted by molar-refractivity contribution is 5.95. The third kappa shape index (κ3) is 2.44. The molecule has 1 aromatic heterocycles. The minimum Gasteiger partial charge on any atom is -0.378 e. The third-order valence-corrected chi connectivity index (χ3v) is 4.80. The molecule has 1 aliphatic rings. The lowest BCUT2D eigenvalue weighted by molar-refractivity contribution is 0.0735. The second-order valence-electron chi connectivity index (χ2n) is 6.55. The van der Waals surface area contributed by atoms with Crippen molar-refractivity contribution in [2.24, 2.45) is 0 Å². The van der Waals surface area contributed by atoms with Gasteiger partial charge in [0.15, 0.2) is 0 Å². The van der Waals surface area contributed by atoms with E-state index in [1.54, 1.807) is 0 Å². The number of carbonyl (C=O) groups is 1. The van der Waals surface area contributed by atoms with Gasteiger partial charge in [0.1, 0.15) is 0 Å². The molecule has 24 heavy (non-hydrogen) atoms. The van der Waals surface area contributed by atoms with Crippen molar-refractivity contribution >= 4 is 22.5 Å². The molecule has 0 fully saturated rings. The second-order valence-corrected chi connectivity index (χ2v) is 6.55. The molecule has 3 aromatic rings. The summed E-state index contributed by atoms with van der Waals surface area (Å²) in [7, 11) is 4.00. The maximum atomic E-state index is 12.9. The number of carbonyl (C=O) groups excluding carboxylic acids is 1. The average molecular weight is 319 g/mol.